The molecular weight excluding hydrogens is 280 g/mol. The Hall–Kier alpha value is -1.89. The van der Waals surface area contributed by atoms with Crippen molar-refractivity contribution in [1.29, 1.82) is 0 Å². The van der Waals surface area contributed by atoms with E-state index in [0.29, 0.717) is 24.9 Å². The fourth-order valence-corrected chi connectivity index (χ4v) is 2.15. The van der Waals surface area contributed by atoms with Gasteiger partial charge in [-0.15, -0.1) is 0 Å². The lowest BCUT2D eigenvalue weighted by Crippen LogP contribution is -2.30. The minimum absolute atomic E-state index is 0.0584. The van der Waals surface area contributed by atoms with Crippen LogP contribution in [0.5, 0.6) is 0 Å². The number of thiophene rings is 1. The van der Waals surface area contributed by atoms with Gasteiger partial charge in [0.05, 0.1) is 6.42 Å². The predicted octanol–water partition coefficient (Wildman–Crippen LogP) is 1.19. The Morgan fingerprint density at radius 1 is 1.35 bits per heavy atom. The number of carboxylic acid groups (broad SMARTS) is 1. The van der Waals surface area contributed by atoms with Crippen molar-refractivity contribution in [3.63, 3.8) is 0 Å². The molecule has 1 heterocycles. The van der Waals surface area contributed by atoms with Crippen molar-refractivity contribution in [1.82, 2.24) is 10.2 Å². The van der Waals surface area contributed by atoms with Crippen LogP contribution in [-0.2, 0) is 9.59 Å². The lowest BCUT2D eigenvalue weighted by molar-refractivity contribution is -0.138. The first-order chi connectivity index (χ1) is 9.50. The van der Waals surface area contributed by atoms with Gasteiger partial charge in [-0.05, 0) is 17.9 Å². The summed E-state index contributed by atoms with van der Waals surface area (Å²) in [6.45, 7) is 0.628. The van der Waals surface area contributed by atoms with E-state index in [-0.39, 0.29) is 24.8 Å². The summed E-state index contributed by atoms with van der Waals surface area (Å²) in [6, 6.07) is 1.74. The van der Waals surface area contributed by atoms with Gasteiger partial charge in [0.15, 0.2) is 0 Å². The van der Waals surface area contributed by atoms with E-state index in [1.165, 1.54) is 16.2 Å². The summed E-state index contributed by atoms with van der Waals surface area (Å²) < 4.78 is 0. The van der Waals surface area contributed by atoms with Crippen molar-refractivity contribution in [3.8, 4) is 0 Å². The molecule has 2 amide bonds. The highest BCUT2D eigenvalue weighted by Gasteiger charge is 2.10. The summed E-state index contributed by atoms with van der Waals surface area (Å²) in [5, 5.41) is 14.9. The van der Waals surface area contributed by atoms with Crippen molar-refractivity contribution in [2.45, 2.75) is 19.3 Å². The topological polar surface area (TPSA) is 86.7 Å². The molecule has 1 rings (SSSR count). The van der Waals surface area contributed by atoms with Gasteiger partial charge in [-0.1, -0.05) is 0 Å². The quantitative estimate of drug-likeness (QED) is 0.706. The molecule has 0 saturated heterocycles. The molecule has 1 aromatic heterocycles. The molecule has 6 nitrogen and oxygen atoms in total. The molecule has 0 bridgehead atoms. The number of aliphatic carboxylic acids is 1. The summed E-state index contributed by atoms with van der Waals surface area (Å²) in [7, 11) is 1.58. The third-order valence-corrected chi connectivity index (χ3v) is 3.41. The van der Waals surface area contributed by atoms with E-state index in [1.807, 2.05) is 5.38 Å². The molecule has 0 fully saturated rings. The molecule has 0 atom stereocenters. The molecule has 0 aliphatic rings. The van der Waals surface area contributed by atoms with E-state index in [1.54, 1.807) is 18.5 Å². The number of rotatable bonds is 8. The van der Waals surface area contributed by atoms with Crippen molar-refractivity contribution in [2.75, 3.05) is 20.1 Å². The fourth-order valence-electron chi connectivity index (χ4n) is 1.52. The zero-order valence-electron chi connectivity index (χ0n) is 11.3. The fraction of sp³-hybridized carbons (Fsp3) is 0.462. The second-order valence-corrected chi connectivity index (χ2v) is 5.11. The highest BCUT2D eigenvalue weighted by atomic mass is 32.1. The maximum atomic E-state index is 11.7. The second kappa shape index (κ2) is 8.31. The van der Waals surface area contributed by atoms with Gasteiger partial charge in [0, 0.05) is 37.5 Å². The third-order valence-electron chi connectivity index (χ3n) is 2.72. The molecule has 7 heteroatoms. The maximum Gasteiger partial charge on any atom is 0.305 e. The Labute approximate surface area is 121 Å². The van der Waals surface area contributed by atoms with Gasteiger partial charge >= 0.3 is 5.97 Å². The largest absolute Gasteiger partial charge is 0.481 e. The molecule has 20 heavy (non-hydrogen) atoms. The van der Waals surface area contributed by atoms with Crippen LogP contribution in [0.2, 0.25) is 0 Å². The molecule has 0 aliphatic heterocycles. The van der Waals surface area contributed by atoms with Crippen LogP contribution in [0, 0.1) is 0 Å². The van der Waals surface area contributed by atoms with Crippen LogP contribution in [0.3, 0.4) is 0 Å². The number of amides is 2. The standard InChI is InChI=1S/C13H18N2O4S/c1-15(7-4-12(17)18)11(16)3-2-6-14-13(19)10-5-8-20-9-10/h5,8-9H,2-4,6-7H2,1H3,(H,14,19)(H,17,18). The van der Waals surface area contributed by atoms with Gasteiger partial charge in [0.2, 0.25) is 5.91 Å². The lowest BCUT2D eigenvalue weighted by atomic mass is 10.2. The number of nitrogens with one attached hydrogen (secondary N) is 1. The van der Waals surface area contributed by atoms with Crippen molar-refractivity contribution >= 4 is 29.1 Å². The van der Waals surface area contributed by atoms with Crippen molar-refractivity contribution in [3.05, 3.63) is 22.4 Å². The number of carbonyl (C=O) groups is 3. The van der Waals surface area contributed by atoms with Crippen LogP contribution in [0.4, 0.5) is 0 Å². The first-order valence-electron chi connectivity index (χ1n) is 6.27. The molecule has 0 saturated carbocycles. The van der Waals surface area contributed by atoms with Crippen LogP contribution in [0.15, 0.2) is 16.8 Å². The van der Waals surface area contributed by atoms with E-state index >= 15 is 0 Å². The number of carboxylic acids is 1. The van der Waals surface area contributed by atoms with Crippen LogP contribution in [0.1, 0.15) is 29.6 Å². The van der Waals surface area contributed by atoms with Gasteiger partial charge in [0.1, 0.15) is 0 Å². The monoisotopic (exact) mass is 298 g/mol. The molecule has 0 aliphatic carbocycles. The number of hydrogen-bond acceptors (Lipinski definition) is 4. The second-order valence-electron chi connectivity index (χ2n) is 4.33. The number of nitrogens with zero attached hydrogens (tertiary/aromatic N) is 1. The van der Waals surface area contributed by atoms with Gasteiger partial charge < -0.3 is 15.3 Å². The molecule has 110 valence electrons. The molecule has 0 aromatic carbocycles. The van der Waals surface area contributed by atoms with Crippen LogP contribution in [-0.4, -0.2) is 47.9 Å². The Morgan fingerprint density at radius 2 is 2.10 bits per heavy atom. The SMILES string of the molecule is CN(CCC(=O)O)C(=O)CCCNC(=O)c1ccsc1. The third kappa shape index (κ3) is 5.83. The Kier molecular flexibility index (Phi) is 6.72. The highest BCUT2D eigenvalue weighted by Crippen LogP contribution is 2.05. The van der Waals surface area contributed by atoms with Crippen molar-refractivity contribution in [2.24, 2.45) is 0 Å². The minimum Gasteiger partial charge on any atom is -0.481 e. The average Bonchev–Trinajstić information content (AvgIpc) is 2.94. The Bertz CT molecular complexity index is 459. The van der Waals surface area contributed by atoms with E-state index < -0.39 is 5.97 Å². The molecule has 0 radical (unpaired) electrons. The summed E-state index contributed by atoms with van der Waals surface area (Å²) in [6.07, 6.45) is 0.767. The first-order valence-corrected chi connectivity index (χ1v) is 7.21. The zero-order chi connectivity index (χ0) is 15.0. The van der Waals surface area contributed by atoms with Gasteiger partial charge in [-0.3, -0.25) is 14.4 Å². The van der Waals surface area contributed by atoms with E-state index in [2.05, 4.69) is 5.32 Å². The van der Waals surface area contributed by atoms with E-state index in [0.717, 1.165) is 0 Å². The van der Waals surface area contributed by atoms with Gasteiger partial charge in [-0.2, -0.15) is 11.3 Å². The maximum absolute atomic E-state index is 11.7. The Morgan fingerprint density at radius 3 is 2.70 bits per heavy atom. The average molecular weight is 298 g/mol. The summed E-state index contributed by atoms with van der Waals surface area (Å²) in [4.78, 5) is 35.0. The van der Waals surface area contributed by atoms with E-state index in [4.69, 9.17) is 5.11 Å². The smallest absolute Gasteiger partial charge is 0.305 e. The highest BCUT2D eigenvalue weighted by molar-refractivity contribution is 7.08. The van der Waals surface area contributed by atoms with Crippen LogP contribution in [0.25, 0.3) is 0 Å². The molecule has 1 aromatic rings. The van der Waals surface area contributed by atoms with Gasteiger partial charge in [0.25, 0.3) is 5.91 Å². The Balaban J connectivity index is 2.15. The van der Waals surface area contributed by atoms with Gasteiger partial charge in [-0.25, -0.2) is 0 Å². The first kappa shape index (κ1) is 16.2. The van der Waals surface area contributed by atoms with Crippen LogP contribution < -0.4 is 5.32 Å². The normalized spacial score (nSPS) is 10.1. The summed E-state index contributed by atoms with van der Waals surface area (Å²) in [5.41, 5.74) is 0.625. The lowest BCUT2D eigenvalue weighted by Gasteiger charge is -2.15. The summed E-state index contributed by atoms with van der Waals surface area (Å²) in [5.74, 6) is -1.18. The number of hydrogen-bond donors (Lipinski definition) is 2. The van der Waals surface area contributed by atoms with Crippen molar-refractivity contribution < 1.29 is 19.5 Å². The molecule has 2 N–H and O–H groups in total. The molecular formula is C13H18N2O4S. The predicted molar refractivity (Wildman–Crippen MR) is 75.8 cm³/mol. The molecule has 0 spiro atoms. The zero-order valence-corrected chi connectivity index (χ0v) is 12.1. The summed E-state index contributed by atoms with van der Waals surface area (Å²) >= 11 is 1.45. The van der Waals surface area contributed by atoms with Crippen LogP contribution >= 0.6 is 11.3 Å². The molecule has 0 unspecified atom stereocenters. The number of carbonyl (C=O) groups excluding carboxylic acids is 2. The minimum atomic E-state index is -0.923. The van der Waals surface area contributed by atoms with E-state index in [9.17, 15) is 14.4 Å².